The van der Waals surface area contributed by atoms with E-state index in [4.69, 9.17) is 10.5 Å². The summed E-state index contributed by atoms with van der Waals surface area (Å²) in [6, 6.07) is -0.245. The Balaban J connectivity index is 1.90. The predicted octanol–water partition coefficient (Wildman–Crippen LogP) is 0.0195. The summed E-state index contributed by atoms with van der Waals surface area (Å²) < 4.78 is 31.5. The number of hydrogen-bond donors (Lipinski definition) is 2. The quantitative estimate of drug-likeness (QED) is 0.794. The summed E-state index contributed by atoms with van der Waals surface area (Å²) in [5.41, 5.74) is 5.38. The molecule has 0 saturated carbocycles. The van der Waals surface area contributed by atoms with Crippen LogP contribution in [0.15, 0.2) is 4.34 Å². The maximum atomic E-state index is 12.1. The summed E-state index contributed by atoms with van der Waals surface area (Å²) in [6.07, 6.45) is 0.675. The molecule has 2 rings (SSSR count). The van der Waals surface area contributed by atoms with Gasteiger partial charge >= 0.3 is 6.09 Å². The molecule has 21 heavy (non-hydrogen) atoms. The van der Waals surface area contributed by atoms with Crippen LogP contribution in [0.25, 0.3) is 0 Å². The van der Waals surface area contributed by atoms with Gasteiger partial charge in [0.05, 0.1) is 6.61 Å². The van der Waals surface area contributed by atoms with E-state index in [-0.39, 0.29) is 21.6 Å². The van der Waals surface area contributed by atoms with Gasteiger partial charge in [-0.25, -0.2) is 17.9 Å². The lowest BCUT2D eigenvalue weighted by Crippen LogP contribution is -2.46. The Kier molecular flexibility index (Phi) is 4.96. The van der Waals surface area contributed by atoms with Gasteiger partial charge < -0.3 is 15.4 Å². The molecule has 1 aliphatic heterocycles. The summed E-state index contributed by atoms with van der Waals surface area (Å²) in [7, 11) is -3.71. The molecular formula is C10H17N5O4S2. The summed E-state index contributed by atoms with van der Waals surface area (Å²) in [4.78, 5) is 13.1. The molecule has 1 saturated heterocycles. The molecule has 11 heteroatoms. The fourth-order valence-corrected chi connectivity index (χ4v) is 4.10. The Morgan fingerprint density at radius 2 is 2.14 bits per heavy atom. The molecular weight excluding hydrogens is 318 g/mol. The highest BCUT2D eigenvalue weighted by molar-refractivity contribution is 7.91. The van der Waals surface area contributed by atoms with E-state index in [1.807, 2.05) is 0 Å². The highest BCUT2D eigenvalue weighted by Crippen LogP contribution is 2.19. The van der Waals surface area contributed by atoms with Crippen molar-refractivity contribution in [2.75, 3.05) is 25.4 Å². The first kappa shape index (κ1) is 15.9. The second-order valence-corrected chi connectivity index (χ2v) is 7.38. The molecule has 1 amide bonds. The van der Waals surface area contributed by atoms with Crippen LogP contribution in [0.1, 0.15) is 19.8 Å². The number of rotatable bonds is 4. The van der Waals surface area contributed by atoms with Crippen molar-refractivity contribution in [3.05, 3.63) is 0 Å². The fourth-order valence-electron chi connectivity index (χ4n) is 1.99. The second kappa shape index (κ2) is 6.54. The standard InChI is InChI=1S/C10H17N5O4S2/c1-2-19-10(16)15-5-3-7(4-6-15)14-21(17,18)9-13-12-8(11)20-9/h7,14H,2-6H2,1H3,(H2,11,12). The maximum Gasteiger partial charge on any atom is 0.409 e. The van der Waals surface area contributed by atoms with Crippen LogP contribution in [0, 0.1) is 0 Å². The third-order valence-electron chi connectivity index (χ3n) is 2.99. The van der Waals surface area contributed by atoms with Crippen LogP contribution in [0.3, 0.4) is 0 Å². The third kappa shape index (κ3) is 4.02. The third-order valence-corrected chi connectivity index (χ3v) is 5.64. The van der Waals surface area contributed by atoms with E-state index in [1.54, 1.807) is 11.8 Å². The van der Waals surface area contributed by atoms with Crippen molar-refractivity contribution >= 4 is 32.6 Å². The number of carbonyl (C=O) groups is 1. The van der Waals surface area contributed by atoms with E-state index >= 15 is 0 Å². The predicted molar refractivity (Wildman–Crippen MR) is 76.3 cm³/mol. The molecule has 1 aliphatic rings. The number of nitrogens with two attached hydrogens (primary N) is 1. The van der Waals surface area contributed by atoms with Crippen molar-refractivity contribution in [3.63, 3.8) is 0 Å². The number of piperidine rings is 1. The highest BCUT2D eigenvalue weighted by Gasteiger charge is 2.28. The monoisotopic (exact) mass is 335 g/mol. The number of nitrogens with zero attached hydrogens (tertiary/aromatic N) is 3. The minimum absolute atomic E-state index is 0.104. The average molecular weight is 335 g/mol. The molecule has 3 N–H and O–H groups in total. The number of aromatic nitrogens is 2. The molecule has 0 spiro atoms. The molecule has 2 heterocycles. The number of carbonyl (C=O) groups excluding carboxylic acids is 1. The summed E-state index contributed by atoms with van der Waals surface area (Å²) in [6.45, 7) is 2.96. The Morgan fingerprint density at radius 3 is 2.67 bits per heavy atom. The Morgan fingerprint density at radius 1 is 1.48 bits per heavy atom. The zero-order chi connectivity index (χ0) is 15.5. The van der Waals surface area contributed by atoms with Gasteiger partial charge in [0.2, 0.25) is 9.47 Å². The number of amides is 1. The van der Waals surface area contributed by atoms with Gasteiger partial charge in [-0.3, -0.25) is 0 Å². The number of nitrogen functional groups attached to an aromatic ring is 1. The first-order chi connectivity index (χ1) is 9.92. The van der Waals surface area contributed by atoms with E-state index in [1.165, 1.54) is 0 Å². The van der Waals surface area contributed by atoms with E-state index in [2.05, 4.69) is 14.9 Å². The van der Waals surface area contributed by atoms with Gasteiger partial charge in [0.15, 0.2) is 0 Å². The van der Waals surface area contributed by atoms with Crippen molar-refractivity contribution in [1.82, 2.24) is 19.8 Å². The van der Waals surface area contributed by atoms with E-state index in [0.717, 1.165) is 11.3 Å². The number of likely N-dealkylation sites (tertiary alicyclic amines) is 1. The molecule has 0 atom stereocenters. The van der Waals surface area contributed by atoms with Gasteiger partial charge in [-0.1, -0.05) is 11.3 Å². The zero-order valence-electron chi connectivity index (χ0n) is 11.5. The Hall–Kier alpha value is -1.46. The number of ether oxygens (including phenoxy) is 1. The largest absolute Gasteiger partial charge is 0.450 e. The van der Waals surface area contributed by atoms with Gasteiger partial charge in [0.25, 0.3) is 10.0 Å². The summed E-state index contributed by atoms with van der Waals surface area (Å²) in [5.74, 6) is 0. The zero-order valence-corrected chi connectivity index (χ0v) is 13.1. The normalized spacial score (nSPS) is 16.9. The van der Waals surface area contributed by atoms with Crippen LogP contribution in [-0.2, 0) is 14.8 Å². The van der Waals surface area contributed by atoms with Crippen LogP contribution >= 0.6 is 11.3 Å². The molecule has 0 aromatic carbocycles. The van der Waals surface area contributed by atoms with Gasteiger partial charge in [-0.15, -0.1) is 10.2 Å². The lowest BCUT2D eigenvalue weighted by atomic mass is 10.1. The SMILES string of the molecule is CCOC(=O)N1CCC(NS(=O)(=O)c2nnc(N)s2)CC1. The fraction of sp³-hybridized carbons (Fsp3) is 0.700. The minimum Gasteiger partial charge on any atom is -0.450 e. The van der Waals surface area contributed by atoms with Crippen LogP contribution in [0.4, 0.5) is 9.93 Å². The molecule has 0 unspecified atom stereocenters. The summed E-state index contributed by atoms with van der Waals surface area (Å²) in [5, 5.41) is 7.12. The number of hydrogen-bond acceptors (Lipinski definition) is 8. The number of anilines is 1. The average Bonchev–Trinajstić information content (AvgIpc) is 2.87. The van der Waals surface area contributed by atoms with Gasteiger partial charge in [-0.05, 0) is 19.8 Å². The molecule has 118 valence electrons. The van der Waals surface area contributed by atoms with E-state index < -0.39 is 10.0 Å². The van der Waals surface area contributed by atoms with Crippen LogP contribution < -0.4 is 10.5 Å². The summed E-state index contributed by atoms with van der Waals surface area (Å²) >= 11 is 0.816. The Bertz CT molecular complexity index is 594. The smallest absolute Gasteiger partial charge is 0.409 e. The number of nitrogens with one attached hydrogen (secondary N) is 1. The van der Waals surface area contributed by atoms with Gasteiger partial charge in [0.1, 0.15) is 0 Å². The second-order valence-electron chi connectivity index (χ2n) is 4.49. The van der Waals surface area contributed by atoms with E-state index in [0.29, 0.717) is 32.5 Å². The van der Waals surface area contributed by atoms with Gasteiger partial charge in [-0.2, -0.15) is 0 Å². The first-order valence-corrected chi connectivity index (χ1v) is 8.75. The van der Waals surface area contributed by atoms with E-state index in [9.17, 15) is 13.2 Å². The molecule has 1 aromatic heterocycles. The molecule has 1 fully saturated rings. The molecule has 0 bridgehead atoms. The molecule has 0 aliphatic carbocycles. The molecule has 1 aromatic rings. The van der Waals surface area contributed by atoms with Crippen molar-refractivity contribution in [3.8, 4) is 0 Å². The van der Waals surface area contributed by atoms with Crippen molar-refractivity contribution in [1.29, 1.82) is 0 Å². The first-order valence-electron chi connectivity index (χ1n) is 6.45. The van der Waals surface area contributed by atoms with Crippen molar-refractivity contribution < 1.29 is 17.9 Å². The van der Waals surface area contributed by atoms with Crippen LogP contribution in [0.5, 0.6) is 0 Å². The van der Waals surface area contributed by atoms with Crippen LogP contribution in [0.2, 0.25) is 0 Å². The Labute approximate surface area is 126 Å². The van der Waals surface area contributed by atoms with Crippen molar-refractivity contribution in [2.45, 2.75) is 30.1 Å². The highest BCUT2D eigenvalue weighted by atomic mass is 32.2. The minimum atomic E-state index is -3.71. The lowest BCUT2D eigenvalue weighted by molar-refractivity contribution is 0.0966. The molecule has 0 radical (unpaired) electrons. The maximum absolute atomic E-state index is 12.1. The number of sulfonamides is 1. The lowest BCUT2D eigenvalue weighted by Gasteiger charge is -2.31. The van der Waals surface area contributed by atoms with Crippen molar-refractivity contribution in [2.24, 2.45) is 0 Å². The van der Waals surface area contributed by atoms with Crippen LogP contribution in [-0.4, -0.2) is 55.3 Å². The topological polar surface area (TPSA) is 128 Å². The molecule has 9 nitrogen and oxygen atoms in total. The van der Waals surface area contributed by atoms with Gasteiger partial charge in [0, 0.05) is 19.1 Å².